The Kier molecular flexibility index (Phi) is 4.85. The minimum atomic E-state index is -4.24. The number of amides is 2. The maximum atomic E-state index is 12.9. The Morgan fingerprint density at radius 2 is 1.72 bits per heavy atom. The van der Waals surface area contributed by atoms with Crippen LogP contribution in [0.1, 0.15) is 66.7 Å². The van der Waals surface area contributed by atoms with Crippen LogP contribution in [0.25, 0.3) is 0 Å². The van der Waals surface area contributed by atoms with Crippen LogP contribution < -0.4 is 10.0 Å². The van der Waals surface area contributed by atoms with Crippen molar-refractivity contribution in [3.63, 3.8) is 0 Å². The van der Waals surface area contributed by atoms with E-state index >= 15 is 0 Å². The molecule has 170 valence electrons. The van der Waals surface area contributed by atoms with Gasteiger partial charge in [0.15, 0.2) is 0 Å². The molecule has 1 aromatic carbocycles. The fourth-order valence-corrected chi connectivity index (χ4v) is 6.18. The zero-order valence-electron chi connectivity index (χ0n) is 18.2. The van der Waals surface area contributed by atoms with Gasteiger partial charge in [-0.25, -0.2) is 9.52 Å². The van der Waals surface area contributed by atoms with Gasteiger partial charge in [0.2, 0.25) is 5.09 Å². The van der Waals surface area contributed by atoms with E-state index in [0.29, 0.717) is 29.9 Å². The lowest BCUT2D eigenvalue weighted by Gasteiger charge is -2.29. The highest BCUT2D eigenvalue weighted by molar-refractivity contribution is 7.89. The molecule has 3 aliphatic carbocycles. The average molecular weight is 458 g/mol. The number of hydrogen-bond acceptors (Lipinski definition) is 6. The van der Waals surface area contributed by atoms with Gasteiger partial charge in [0, 0.05) is 29.2 Å². The van der Waals surface area contributed by atoms with Gasteiger partial charge in [-0.15, -0.1) is 0 Å². The number of nitrogens with one attached hydrogen (secondary N) is 2. The van der Waals surface area contributed by atoms with Crippen LogP contribution in [0.15, 0.2) is 26.8 Å². The molecule has 0 saturated carbocycles. The van der Waals surface area contributed by atoms with E-state index in [9.17, 15) is 18.4 Å². The molecule has 0 aliphatic heterocycles. The molecule has 1 heterocycles. The number of sulfonamides is 1. The summed E-state index contributed by atoms with van der Waals surface area (Å²) in [6.45, 7) is 3.85. The van der Waals surface area contributed by atoms with E-state index in [1.165, 1.54) is 17.2 Å². The minimum Gasteiger partial charge on any atom is -0.447 e. The number of hydrogen-bond donors (Lipinski definition) is 3. The third-order valence-electron chi connectivity index (χ3n) is 6.96. The van der Waals surface area contributed by atoms with Gasteiger partial charge in [-0.1, -0.05) is 25.1 Å². The van der Waals surface area contributed by atoms with Crippen LogP contribution in [-0.4, -0.2) is 25.4 Å². The van der Waals surface area contributed by atoms with Crippen LogP contribution >= 0.6 is 0 Å². The molecule has 0 saturated heterocycles. The molecule has 2 aromatic rings. The molecular formula is C23H27N3O5S. The Bertz CT molecular complexity index is 1220. The zero-order chi connectivity index (χ0) is 22.7. The first-order valence-electron chi connectivity index (χ1n) is 11.1. The van der Waals surface area contributed by atoms with E-state index in [1.54, 1.807) is 0 Å². The van der Waals surface area contributed by atoms with E-state index in [0.717, 1.165) is 55.3 Å². The number of furan rings is 1. The maximum absolute atomic E-state index is 12.9. The normalized spacial score (nSPS) is 20.0. The SMILES string of the molecule is CC1(C)CCc2oc(S(=O)(=O)NC(=O)Nc3c4c(cc5c3CCC5)CCC4)cc2/C1=N\O. The number of urea groups is 1. The Hall–Kier alpha value is -2.81. The van der Waals surface area contributed by atoms with Crippen molar-refractivity contribution in [3.05, 3.63) is 45.7 Å². The van der Waals surface area contributed by atoms with Gasteiger partial charge >= 0.3 is 6.03 Å². The third kappa shape index (κ3) is 3.39. The quantitative estimate of drug-likeness (QED) is 0.476. The van der Waals surface area contributed by atoms with Crippen molar-refractivity contribution in [2.24, 2.45) is 10.6 Å². The summed E-state index contributed by atoms with van der Waals surface area (Å²) in [4.78, 5) is 12.8. The van der Waals surface area contributed by atoms with E-state index < -0.39 is 21.5 Å². The summed E-state index contributed by atoms with van der Waals surface area (Å²) in [6.07, 6.45) is 6.99. The molecule has 0 atom stereocenters. The lowest BCUT2D eigenvalue weighted by atomic mass is 9.75. The zero-order valence-corrected chi connectivity index (χ0v) is 19.1. The smallest absolute Gasteiger partial charge is 0.333 e. The summed E-state index contributed by atoms with van der Waals surface area (Å²) >= 11 is 0. The van der Waals surface area contributed by atoms with Crippen molar-refractivity contribution in [2.45, 2.75) is 70.3 Å². The predicted molar refractivity (Wildman–Crippen MR) is 119 cm³/mol. The van der Waals surface area contributed by atoms with Gasteiger partial charge < -0.3 is 14.9 Å². The second-order valence-electron chi connectivity index (χ2n) is 9.53. The monoisotopic (exact) mass is 457 g/mol. The molecule has 0 radical (unpaired) electrons. The van der Waals surface area contributed by atoms with Crippen LogP contribution in [-0.2, 0) is 42.1 Å². The van der Waals surface area contributed by atoms with E-state index in [1.807, 2.05) is 13.8 Å². The summed E-state index contributed by atoms with van der Waals surface area (Å²) < 4.78 is 33.5. The van der Waals surface area contributed by atoms with Gasteiger partial charge in [-0.2, -0.15) is 8.42 Å². The van der Waals surface area contributed by atoms with Crippen LogP contribution in [0.4, 0.5) is 10.5 Å². The number of benzene rings is 1. The largest absolute Gasteiger partial charge is 0.447 e. The molecule has 0 bridgehead atoms. The van der Waals surface area contributed by atoms with Gasteiger partial charge in [-0.3, -0.25) is 0 Å². The lowest BCUT2D eigenvalue weighted by molar-refractivity contribution is 0.256. The van der Waals surface area contributed by atoms with Crippen LogP contribution in [0.3, 0.4) is 0 Å². The second kappa shape index (κ2) is 7.37. The number of carbonyl (C=O) groups is 1. The highest BCUT2D eigenvalue weighted by Crippen LogP contribution is 2.39. The fraction of sp³-hybridized carbons (Fsp3) is 0.478. The molecule has 0 unspecified atom stereocenters. The first-order chi connectivity index (χ1) is 15.2. The molecule has 0 spiro atoms. The summed E-state index contributed by atoms with van der Waals surface area (Å²) in [7, 11) is -4.24. The summed E-state index contributed by atoms with van der Waals surface area (Å²) in [5.74, 6) is 0.441. The Labute approximate surface area is 187 Å². The Morgan fingerprint density at radius 1 is 1.06 bits per heavy atom. The second-order valence-corrected chi connectivity index (χ2v) is 11.1. The Balaban J connectivity index is 1.40. The number of aryl methyl sites for hydroxylation is 3. The first-order valence-corrected chi connectivity index (χ1v) is 12.5. The summed E-state index contributed by atoms with van der Waals surface area (Å²) in [5.41, 5.74) is 5.95. The maximum Gasteiger partial charge on any atom is 0.333 e. The number of carbonyl (C=O) groups excluding carboxylic acids is 1. The van der Waals surface area contributed by atoms with Gasteiger partial charge in [-0.05, 0) is 67.2 Å². The standard InChI is InChI=1S/C23H27N3O5S/c1-23(2)10-9-18-17(21(23)25-28)12-19(31-18)32(29,30)26-22(27)24-20-15-7-3-5-13(15)11-14-6-4-8-16(14)20/h11-12,28H,3-10H2,1-2H3,(H2,24,26,27)/b25-21+. The Morgan fingerprint density at radius 3 is 2.34 bits per heavy atom. The highest BCUT2D eigenvalue weighted by Gasteiger charge is 2.37. The molecule has 0 fully saturated rings. The van der Waals surface area contributed by atoms with E-state index in [-0.39, 0.29) is 5.09 Å². The van der Waals surface area contributed by atoms with Crippen molar-refractivity contribution in [3.8, 4) is 0 Å². The van der Waals surface area contributed by atoms with Crippen molar-refractivity contribution in [1.29, 1.82) is 0 Å². The van der Waals surface area contributed by atoms with Crippen molar-refractivity contribution in [1.82, 2.24) is 4.72 Å². The average Bonchev–Trinajstić information content (AvgIpc) is 3.45. The first kappa shape index (κ1) is 21.1. The number of nitrogens with zero attached hydrogens (tertiary/aromatic N) is 1. The number of oxime groups is 1. The van der Waals surface area contributed by atoms with E-state index in [2.05, 4.69) is 21.3 Å². The van der Waals surface area contributed by atoms with Gasteiger partial charge in [0.05, 0.1) is 5.71 Å². The topological polar surface area (TPSA) is 121 Å². The minimum absolute atomic E-state index is 0.361. The van der Waals surface area contributed by atoms with Crippen LogP contribution in [0, 0.1) is 5.41 Å². The summed E-state index contributed by atoms with van der Waals surface area (Å²) in [5, 5.41) is 15.3. The van der Waals surface area contributed by atoms with Gasteiger partial charge in [0.1, 0.15) is 5.76 Å². The molecule has 3 N–H and O–H groups in total. The van der Waals surface area contributed by atoms with E-state index in [4.69, 9.17) is 4.42 Å². The molecule has 5 rings (SSSR count). The lowest BCUT2D eigenvalue weighted by Crippen LogP contribution is -2.34. The highest BCUT2D eigenvalue weighted by atomic mass is 32.2. The third-order valence-corrected chi connectivity index (χ3v) is 8.15. The van der Waals surface area contributed by atoms with Crippen LogP contribution in [0.2, 0.25) is 0 Å². The fourth-order valence-electron chi connectivity index (χ4n) is 5.30. The molecule has 32 heavy (non-hydrogen) atoms. The molecule has 1 aromatic heterocycles. The molecule has 2 amide bonds. The molecule has 9 heteroatoms. The van der Waals surface area contributed by atoms with Crippen molar-refractivity contribution in [2.75, 3.05) is 5.32 Å². The number of anilines is 1. The summed E-state index contributed by atoms with van der Waals surface area (Å²) in [6, 6.07) is 2.78. The number of fused-ring (bicyclic) bond motifs is 3. The van der Waals surface area contributed by atoms with Crippen molar-refractivity contribution < 1.29 is 22.8 Å². The van der Waals surface area contributed by atoms with Crippen molar-refractivity contribution >= 4 is 27.5 Å². The molecule has 3 aliphatic rings. The van der Waals surface area contributed by atoms with Crippen LogP contribution in [0.5, 0.6) is 0 Å². The number of rotatable bonds is 3. The molecule has 8 nitrogen and oxygen atoms in total. The van der Waals surface area contributed by atoms with Gasteiger partial charge in [0.25, 0.3) is 10.0 Å². The predicted octanol–water partition coefficient (Wildman–Crippen LogP) is 3.92. The molecular weight excluding hydrogens is 430 g/mol.